The van der Waals surface area contributed by atoms with Gasteiger partial charge in [-0.05, 0) is 54.9 Å². The minimum Gasteiger partial charge on any atom is -0.497 e. The second-order valence-electron chi connectivity index (χ2n) is 10.4. The van der Waals surface area contributed by atoms with Crippen molar-refractivity contribution >= 4 is 31.3 Å². The zero-order valence-electron chi connectivity index (χ0n) is 22.4. The molecular formula is C27H38N2O6S2. The van der Waals surface area contributed by atoms with Crippen LogP contribution in [-0.2, 0) is 24.7 Å². The molecule has 1 amide bonds. The highest BCUT2D eigenvalue weighted by atomic mass is 32.2. The van der Waals surface area contributed by atoms with Crippen LogP contribution >= 0.6 is 0 Å². The molecule has 1 N–H and O–H groups in total. The van der Waals surface area contributed by atoms with Crippen molar-refractivity contribution in [3.8, 4) is 5.75 Å². The number of nitrogens with zero attached hydrogens (tertiary/aromatic N) is 1. The zero-order chi connectivity index (χ0) is 27.6. The van der Waals surface area contributed by atoms with Gasteiger partial charge in [0.05, 0.1) is 12.0 Å². The Bertz CT molecular complexity index is 1320. The molecule has 0 bridgehead atoms. The summed E-state index contributed by atoms with van der Waals surface area (Å²) in [5.74, 6) is 0.668. The van der Waals surface area contributed by atoms with Crippen molar-refractivity contribution in [3.05, 3.63) is 58.4 Å². The summed E-state index contributed by atoms with van der Waals surface area (Å²) < 4.78 is 57.3. The molecule has 1 aromatic rings. The molecule has 3 atom stereocenters. The molecule has 1 aliphatic carbocycles. The Labute approximate surface area is 221 Å². The topological polar surface area (TPSA) is 110 Å². The summed E-state index contributed by atoms with van der Waals surface area (Å²) in [6.45, 7) is 8.04. The summed E-state index contributed by atoms with van der Waals surface area (Å²) in [5, 5.41) is 3.91. The van der Waals surface area contributed by atoms with E-state index in [1.807, 2.05) is 50.3 Å². The number of rotatable bonds is 8. The lowest BCUT2D eigenvalue weighted by atomic mass is 9.80. The molecule has 0 saturated carbocycles. The molecule has 1 fully saturated rings. The summed E-state index contributed by atoms with van der Waals surface area (Å²) in [6, 6.07) is 6.93. The third kappa shape index (κ3) is 6.91. The van der Waals surface area contributed by atoms with E-state index in [0.29, 0.717) is 29.1 Å². The van der Waals surface area contributed by atoms with Crippen molar-refractivity contribution in [2.75, 3.05) is 26.5 Å². The average Bonchev–Trinajstić information content (AvgIpc) is 2.84. The van der Waals surface area contributed by atoms with E-state index in [1.54, 1.807) is 14.0 Å². The molecule has 2 aliphatic rings. The van der Waals surface area contributed by atoms with Crippen LogP contribution in [0.3, 0.4) is 0 Å². The fourth-order valence-electron chi connectivity index (χ4n) is 4.51. The first-order valence-electron chi connectivity index (χ1n) is 12.4. The predicted molar refractivity (Wildman–Crippen MR) is 147 cm³/mol. The van der Waals surface area contributed by atoms with E-state index in [0.717, 1.165) is 17.2 Å². The second kappa shape index (κ2) is 11.1. The van der Waals surface area contributed by atoms with Gasteiger partial charge in [-0.2, -0.15) is 4.31 Å². The first-order valence-corrected chi connectivity index (χ1v) is 15.8. The lowest BCUT2D eigenvalue weighted by Gasteiger charge is -2.39. The molecule has 1 saturated heterocycles. The summed E-state index contributed by atoms with van der Waals surface area (Å²) >= 11 is 0. The fraction of sp³-hybridized carbons (Fsp3) is 0.519. The number of nitrogens with one attached hydrogen (secondary N) is 1. The number of benzene rings is 1. The maximum absolute atomic E-state index is 13.9. The Morgan fingerprint density at radius 1 is 1.14 bits per heavy atom. The van der Waals surface area contributed by atoms with Crippen LogP contribution in [0.4, 0.5) is 0 Å². The van der Waals surface area contributed by atoms with Crippen molar-refractivity contribution in [1.29, 1.82) is 0 Å². The lowest BCUT2D eigenvalue weighted by molar-refractivity contribution is -0.132. The van der Waals surface area contributed by atoms with Crippen LogP contribution < -0.4 is 10.1 Å². The number of hydrogen-bond acceptors (Lipinski definition) is 6. The van der Waals surface area contributed by atoms with E-state index < -0.39 is 31.3 Å². The number of sulfonamides is 1. The lowest BCUT2D eigenvalue weighted by Crippen LogP contribution is -2.50. The first kappa shape index (κ1) is 29.1. The van der Waals surface area contributed by atoms with Gasteiger partial charge in [0.1, 0.15) is 5.75 Å². The second-order valence-corrected chi connectivity index (χ2v) is 14.3. The number of carbonyl (C=O) groups is 1. The van der Waals surface area contributed by atoms with Crippen molar-refractivity contribution in [3.63, 3.8) is 0 Å². The molecule has 1 heterocycles. The van der Waals surface area contributed by atoms with Crippen molar-refractivity contribution < 1.29 is 26.4 Å². The highest BCUT2D eigenvalue weighted by Gasteiger charge is 2.42. The number of sulfone groups is 1. The Balaban J connectivity index is 1.79. The quantitative estimate of drug-likeness (QED) is 0.528. The van der Waals surface area contributed by atoms with Gasteiger partial charge in [-0.15, -0.1) is 0 Å². The number of amides is 1. The highest BCUT2D eigenvalue weighted by Crippen LogP contribution is 2.40. The molecular weight excluding hydrogens is 512 g/mol. The van der Waals surface area contributed by atoms with Crippen molar-refractivity contribution in [1.82, 2.24) is 9.62 Å². The largest absolute Gasteiger partial charge is 0.497 e. The molecule has 0 radical (unpaired) electrons. The van der Waals surface area contributed by atoms with Crippen LogP contribution in [0.5, 0.6) is 5.75 Å². The third-order valence-electron chi connectivity index (χ3n) is 7.28. The SMILES string of the molecule is COc1cccc(C2=CC(C)C(C)C=C2S(=O)(=O)N2CCC(C)(C(=O)N[C@H](C)/C=C\S(C)(=O)=O)CC2)c1. The van der Waals surface area contributed by atoms with Gasteiger partial charge in [0.2, 0.25) is 15.9 Å². The smallest absolute Gasteiger partial charge is 0.243 e. The molecule has 3 rings (SSSR count). The average molecular weight is 551 g/mol. The van der Waals surface area contributed by atoms with Crippen LogP contribution in [0, 0.1) is 17.3 Å². The van der Waals surface area contributed by atoms with Gasteiger partial charge < -0.3 is 10.1 Å². The Morgan fingerprint density at radius 2 is 1.76 bits per heavy atom. The Hall–Kier alpha value is -2.43. The minimum atomic E-state index is -3.81. The van der Waals surface area contributed by atoms with Gasteiger partial charge in [-0.3, -0.25) is 4.79 Å². The van der Waals surface area contributed by atoms with E-state index in [-0.39, 0.29) is 30.8 Å². The normalized spacial score (nSPS) is 23.7. The van der Waals surface area contributed by atoms with Gasteiger partial charge in [0.25, 0.3) is 0 Å². The number of methoxy groups -OCH3 is 1. The van der Waals surface area contributed by atoms with E-state index in [9.17, 15) is 21.6 Å². The van der Waals surface area contributed by atoms with Crippen molar-refractivity contribution in [2.45, 2.75) is 46.6 Å². The van der Waals surface area contributed by atoms with Gasteiger partial charge in [0, 0.05) is 36.2 Å². The summed E-state index contributed by atoms with van der Waals surface area (Å²) in [6.07, 6.45) is 7.09. The van der Waals surface area contributed by atoms with E-state index in [1.165, 1.54) is 10.4 Å². The number of hydrogen-bond donors (Lipinski definition) is 1. The van der Waals surface area contributed by atoms with Crippen LogP contribution in [0.1, 0.15) is 46.1 Å². The Morgan fingerprint density at radius 3 is 2.35 bits per heavy atom. The zero-order valence-corrected chi connectivity index (χ0v) is 24.0. The number of ether oxygens (including phenoxy) is 1. The van der Waals surface area contributed by atoms with Crippen LogP contribution in [0.15, 0.2) is 52.8 Å². The monoisotopic (exact) mass is 550 g/mol. The summed E-state index contributed by atoms with van der Waals surface area (Å²) in [4.78, 5) is 13.3. The molecule has 10 heteroatoms. The van der Waals surface area contributed by atoms with Crippen molar-refractivity contribution in [2.24, 2.45) is 17.3 Å². The molecule has 1 aliphatic heterocycles. The molecule has 0 aromatic heterocycles. The summed E-state index contributed by atoms with van der Waals surface area (Å²) in [5.41, 5.74) is 0.695. The van der Waals surface area contributed by atoms with E-state index in [4.69, 9.17) is 4.74 Å². The predicted octanol–water partition coefficient (Wildman–Crippen LogP) is 3.74. The Kier molecular flexibility index (Phi) is 8.76. The first-order chi connectivity index (χ1) is 17.2. The van der Waals surface area contributed by atoms with E-state index in [2.05, 4.69) is 12.2 Å². The molecule has 0 spiro atoms. The van der Waals surface area contributed by atoms with Gasteiger partial charge >= 0.3 is 0 Å². The minimum absolute atomic E-state index is 0.0569. The van der Waals surface area contributed by atoms with Crippen LogP contribution in [0.2, 0.25) is 0 Å². The van der Waals surface area contributed by atoms with E-state index >= 15 is 0 Å². The maximum Gasteiger partial charge on any atom is 0.243 e. The van der Waals surface area contributed by atoms with Crippen LogP contribution in [-0.4, -0.2) is 59.5 Å². The molecule has 2 unspecified atom stereocenters. The standard InChI is InChI=1S/C27H38N2O6S2/c1-19-16-24(22-8-7-9-23(18-22)35-5)25(17-20(19)2)37(33,34)29-13-11-27(4,12-14-29)26(30)28-21(3)10-15-36(6,31)32/h7-10,15-21H,11-14H2,1-6H3,(H,28,30)/b15-10-/t19?,20?,21-/m1/s1. The maximum atomic E-state index is 13.9. The van der Waals surface area contributed by atoms with Crippen LogP contribution in [0.25, 0.3) is 5.57 Å². The number of piperidine rings is 1. The molecule has 1 aromatic carbocycles. The number of carbonyl (C=O) groups excluding carboxylic acids is 1. The van der Waals surface area contributed by atoms with Gasteiger partial charge in [0.15, 0.2) is 9.84 Å². The molecule has 204 valence electrons. The molecule has 8 nitrogen and oxygen atoms in total. The third-order valence-corrected chi connectivity index (χ3v) is 9.89. The molecule has 37 heavy (non-hydrogen) atoms. The fourth-order valence-corrected chi connectivity index (χ4v) is 6.82. The summed E-state index contributed by atoms with van der Waals surface area (Å²) in [7, 11) is -5.51. The highest BCUT2D eigenvalue weighted by molar-refractivity contribution is 7.93. The van der Waals surface area contributed by atoms with Gasteiger partial charge in [-0.1, -0.05) is 51.1 Å². The number of allylic oxidation sites excluding steroid dienone is 3. The van der Waals surface area contributed by atoms with Gasteiger partial charge in [-0.25, -0.2) is 16.8 Å².